The Morgan fingerprint density at radius 1 is 0.821 bits per heavy atom. The number of ether oxygens (including phenoxy) is 2. The van der Waals surface area contributed by atoms with Gasteiger partial charge in [-0.1, -0.05) is 32.0 Å². The topological polar surface area (TPSA) is 163 Å². The molecule has 0 fully saturated rings. The zero-order valence-electron chi connectivity index (χ0n) is 21.6. The standard InChI is InChI=1S/C27H28N4O8/c1-17(2)12-13-39-23-11-10-18(16-24(23)38-3)25(28-26(32)19-6-4-8-21(14-19)30(34)35)29-27(33)20-7-5-9-22(15-20)31(36)37/h4-11,14-17,25H,12-13H2,1-3H3,(H,28,32)(H,29,33). The van der Waals surface area contributed by atoms with Crippen molar-refractivity contribution in [3.8, 4) is 11.5 Å². The van der Waals surface area contributed by atoms with E-state index < -0.39 is 27.8 Å². The van der Waals surface area contributed by atoms with E-state index in [1.807, 2.05) is 0 Å². The summed E-state index contributed by atoms with van der Waals surface area (Å²) < 4.78 is 11.3. The molecule has 12 nitrogen and oxygen atoms in total. The summed E-state index contributed by atoms with van der Waals surface area (Å²) in [6.07, 6.45) is -0.311. The summed E-state index contributed by atoms with van der Waals surface area (Å²) >= 11 is 0. The molecule has 0 aromatic heterocycles. The van der Waals surface area contributed by atoms with E-state index in [-0.39, 0.29) is 22.5 Å². The summed E-state index contributed by atoms with van der Waals surface area (Å²) in [4.78, 5) is 47.2. The maximum Gasteiger partial charge on any atom is 0.270 e. The minimum Gasteiger partial charge on any atom is -0.493 e. The first-order valence-corrected chi connectivity index (χ1v) is 12.0. The highest BCUT2D eigenvalue weighted by Gasteiger charge is 2.22. The zero-order valence-corrected chi connectivity index (χ0v) is 21.6. The van der Waals surface area contributed by atoms with Crippen molar-refractivity contribution in [1.29, 1.82) is 0 Å². The van der Waals surface area contributed by atoms with Crippen LogP contribution in [0.4, 0.5) is 11.4 Å². The van der Waals surface area contributed by atoms with Crippen molar-refractivity contribution in [2.75, 3.05) is 13.7 Å². The van der Waals surface area contributed by atoms with Crippen LogP contribution in [0.5, 0.6) is 11.5 Å². The summed E-state index contributed by atoms with van der Waals surface area (Å²) in [5.74, 6) is -0.127. The predicted octanol–water partition coefficient (Wildman–Crippen LogP) is 4.80. The smallest absolute Gasteiger partial charge is 0.270 e. The van der Waals surface area contributed by atoms with Crippen LogP contribution in [0.2, 0.25) is 0 Å². The fraction of sp³-hybridized carbons (Fsp3) is 0.259. The van der Waals surface area contributed by atoms with E-state index in [1.54, 1.807) is 18.2 Å². The Hall–Kier alpha value is -5.00. The predicted molar refractivity (Wildman–Crippen MR) is 142 cm³/mol. The Kier molecular flexibility index (Phi) is 9.52. The summed E-state index contributed by atoms with van der Waals surface area (Å²) in [7, 11) is 1.45. The molecule has 0 radical (unpaired) electrons. The highest BCUT2D eigenvalue weighted by atomic mass is 16.6. The van der Waals surface area contributed by atoms with Crippen molar-refractivity contribution in [3.63, 3.8) is 0 Å². The Morgan fingerprint density at radius 2 is 1.36 bits per heavy atom. The normalized spacial score (nSPS) is 10.7. The average molecular weight is 537 g/mol. The Balaban J connectivity index is 1.93. The van der Waals surface area contributed by atoms with Gasteiger partial charge in [-0.3, -0.25) is 29.8 Å². The maximum absolute atomic E-state index is 13.1. The molecular weight excluding hydrogens is 508 g/mol. The number of hydrogen-bond acceptors (Lipinski definition) is 8. The highest BCUT2D eigenvalue weighted by molar-refractivity contribution is 5.97. The van der Waals surface area contributed by atoms with Crippen LogP contribution in [-0.2, 0) is 0 Å². The number of carbonyl (C=O) groups is 2. The van der Waals surface area contributed by atoms with E-state index >= 15 is 0 Å². The van der Waals surface area contributed by atoms with Crippen LogP contribution in [0.15, 0.2) is 66.7 Å². The van der Waals surface area contributed by atoms with Crippen LogP contribution in [0.3, 0.4) is 0 Å². The van der Waals surface area contributed by atoms with Crippen LogP contribution < -0.4 is 20.1 Å². The lowest BCUT2D eigenvalue weighted by Crippen LogP contribution is -2.41. The SMILES string of the molecule is COc1cc(C(NC(=O)c2cccc([N+](=O)[O-])c2)NC(=O)c2cccc([N+](=O)[O-])c2)ccc1OCCC(C)C. The summed E-state index contributed by atoms with van der Waals surface area (Å²) in [6.45, 7) is 4.61. The van der Waals surface area contributed by atoms with Gasteiger partial charge in [-0.25, -0.2) is 0 Å². The molecule has 12 heteroatoms. The molecule has 0 bridgehead atoms. The molecule has 0 heterocycles. The average Bonchev–Trinajstić information content (AvgIpc) is 2.92. The van der Waals surface area contributed by atoms with Gasteiger partial charge in [-0.05, 0) is 42.2 Å². The number of carbonyl (C=O) groups excluding carboxylic acids is 2. The fourth-order valence-corrected chi connectivity index (χ4v) is 3.54. The molecule has 0 aliphatic carbocycles. The molecule has 2 amide bonds. The minimum absolute atomic E-state index is 0.000554. The summed E-state index contributed by atoms with van der Waals surface area (Å²) in [6, 6.07) is 15.1. The third-order valence-corrected chi connectivity index (χ3v) is 5.66. The van der Waals surface area contributed by atoms with Gasteiger partial charge in [0.1, 0.15) is 6.17 Å². The first-order chi connectivity index (χ1) is 18.6. The van der Waals surface area contributed by atoms with E-state index in [0.29, 0.717) is 29.6 Å². The lowest BCUT2D eigenvalue weighted by atomic mass is 10.1. The molecule has 2 N–H and O–H groups in total. The Morgan fingerprint density at radius 3 is 1.82 bits per heavy atom. The van der Waals surface area contributed by atoms with Crippen LogP contribution in [0.25, 0.3) is 0 Å². The van der Waals surface area contributed by atoms with Gasteiger partial charge in [0.2, 0.25) is 0 Å². The van der Waals surface area contributed by atoms with Gasteiger partial charge in [-0.15, -0.1) is 0 Å². The largest absolute Gasteiger partial charge is 0.493 e. The van der Waals surface area contributed by atoms with E-state index in [1.165, 1.54) is 43.5 Å². The first kappa shape index (κ1) is 28.6. The maximum atomic E-state index is 13.1. The molecule has 0 saturated carbocycles. The zero-order chi connectivity index (χ0) is 28.5. The van der Waals surface area contributed by atoms with Gasteiger partial charge < -0.3 is 20.1 Å². The number of non-ortho nitro benzene ring substituents is 2. The van der Waals surface area contributed by atoms with Crippen molar-refractivity contribution >= 4 is 23.2 Å². The van der Waals surface area contributed by atoms with Crippen LogP contribution in [0.1, 0.15) is 52.7 Å². The lowest BCUT2D eigenvalue weighted by Gasteiger charge is -2.22. The second-order valence-electron chi connectivity index (χ2n) is 8.94. The molecule has 3 aromatic carbocycles. The van der Waals surface area contributed by atoms with Crippen molar-refractivity contribution < 1.29 is 28.9 Å². The van der Waals surface area contributed by atoms with Gasteiger partial charge in [0, 0.05) is 35.4 Å². The molecular formula is C27H28N4O8. The summed E-state index contributed by atoms with van der Waals surface area (Å²) in [5, 5.41) is 27.6. The van der Waals surface area contributed by atoms with Gasteiger partial charge in [0.25, 0.3) is 23.2 Å². The molecule has 0 atom stereocenters. The van der Waals surface area contributed by atoms with Crippen LogP contribution in [0, 0.1) is 26.1 Å². The van der Waals surface area contributed by atoms with Gasteiger partial charge >= 0.3 is 0 Å². The van der Waals surface area contributed by atoms with E-state index in [4.69, 9.17) is 9.47 Å². The molecule has 0 aliphatic rings. The molecule has 204 valence electrons. The van der Waals surface area contributed by atoms with Gasteiger partial charge in [0.15, 0.2) is 11.5 Å². The van der Waals surface area contributed by atoms with Crippen molar-refractivity contribution in [2.24, 2.45) is 5.92 Å². The van der Waals surface area contributed by atoms with Gasteiger partial charge in [-0.2, -0.15) is 0 Å². The van der Waals surface area contributed by atoms with E-state index in [2.05, 4.69) is 24.5 Å². The highest BCUT2D eigenvalue weighted by Crippen LogP contribution is 2.30. The number of hydrogen-bond donors (Lipinski definition) is 2. The van der Waals surface area contributed by atoms with Crippen LogP contribution >= 0.6 is 0 Å². The second kappa shape index (κ2) is 13.0. The first-order valence-electron chi connectivity index (χ1n) is 12.0. The number of nitro groups is 2. The molecule has 0 spiro atoms. The molecule has 3 aromatic rings. The molecule has 39 heavy (non-hydrogen) atoms. The Labute approximate surface area is 224 Å². The number of amides is 2. The van der Waals surface area contributed by atoms with Crippen LogP contribution in [-0.4, -0.2) is 35.4 Å². The minimum atomic E-state index is -1.14. The number of benzene rings is 3. The quantitative estimate of drug-likeness (QED) is 0.189. The van der Waals surface area contributed by atoms with Crippen molar-refractivity contribution in [3.05, 3.63) is 104 Å². The monoisotopic (exact) mass is 536 g/mol. The summed E-state index contributed by atoms with van der Waals surface area (Å²) in [5.41, 5.74) is -0.145. The molecule has 0 saturated heterocycles. The number of methoxy groups -OCH3 is 1. The lowest BCUT2D eigenvalue weighted by molar-refractivity contribution is -0.385. The third-order valence-electron chi connectivity index (χ3n) is 5.66. The third kappa shape index (κ3) is 7.74. The number of nitro benzene ring substituents is 2. The Bertz CT molecular complexity index is 1300. The van der Waals surface area contributed by atoms with Crippen molar-refractivity contribution in [2.45, 2.75) is 26.4 Å². The van der Waals surface area contributed by atoms with E-state index in [9.17, 15) is 29.8 Å². The molecule has 0 unspecified atom stereocenters. The molecule has 0 aliphatic heterocycles. The van der Waals surface area contributed by atoms with E-state index in [0.717, 1.165) is 18.6 Å². The number of nitrogens with one attached hydrogen (secondary N) is 2. The molecule has 3 rings (SSSR count). The fourth-order valence-electron chi connectivity index (χ4n) is 3.54. The second-order valence-corrected chi connectivity index (χ2v) is 8.94. The van der Waals surface area contributed by atoms with Crippen molar-refractivity contribution in [1.82, 2.24) is 10.6 Å². The van der Waals surface area contributed by atoms with Gasteiger partial charge in [0.05, 0.1) is 23.6 Å². The number of nitrogens with zero attached hydrogens (tertiary/aromatic N) is 2. The number of rotatable bonds is 12.